The number of amides is 1. The minimum atomic E-state index is -0.461. The molecular weight excluding hydrogens is 358 g/mol. The van der Waals surface area contributed by atoms with Gasteiger partial charge in [0.1, 0.15) is 15.4 Å². The fraction of sp³-hybridized carbons (Fsp3) is 0.176. The van der Waals surface area contributed by atoms with E-state index in [0.717, 1.165) is 22.7 Å². The number of nitrogens with one attached hydrogen (secondary N) is 1. The predicted octanol–water partition coefficient (Wildman–Crippen LogP) is 4.00. The Kier molecular flexibility index (Phi) is 5.20. The summed E-state index contributed by atoms with van der Waals surface area (Å²) in [7, 11) is 0. The number of hydrogen-bond donors (Lipinski definition) is 1. The molecule has 0 radical (unpaired) electrons. The number of aryl methyl sites for hydroxylation is 1. The van der Waals surface area contributed by atoms with Gasteiger partial charge in [-0.15, -0.1) is 16.4 Å². The molecule has 0 unspecified atom stereocenters. The normalized spacial score (nSPS) is 10.5. The van der Waals surface area contributed by atoms with Crippen LogP contribution in [0.25, 0.3) is 11.1 Å². The molecule has 25 heavy (non-hydrogen) atoms. The second-order valence-electron chi connectivity index (χ2n) is 5.08. The van der Waals surface area contributed by atoms with Crippen LogP contribution in [0.2, 0.25) is 0 Å². The molecule has 0 saturated heterocycles. The van der Waals surface area contributed by atoms with E-state index < -0.39 is 5.97 Å². The maximum atomic E-state index is 12.5. The van der Waals surface area contributed by atoms with Crippen molar-refractivity contribution >= 4 is 39.7 Å². The first-order valence-electron chi connectivity index (χ1n) is 7.56. The van der Waals surface area contributed by atoms with Crippen LogP contribution < -0.4 is 5.32 Å². The van der Waals surface area contributed by atoms with Crippen LogP contribution in [-0.2, 0) is 4.74 Å². The molecular formula is C17H15N3O3S2. The van der Waals surface area contributed by atoms with Crippen molar-refractivity contribution in [1.82, 2.24) is 9.59 Å². The number of thiophene rings is 1. The van der Waals surface area contributed by atoms with Gasteiger partial charge in [0.25, 0.3) is 5.91 Å². The maximum Gasteiger partial charge on any atom is 0.341 e. The highest BCUT2D eigenvalue weighted by molar-refractivity contribution is 7.15. The molecule has 1 N–H and O–H groups in total. The number of ether oxygens (including phenoxy) is 1. The molecule has 0 bridgehead atoms. The van der Waals surface area contributed by atoms with E-state index in [4.69, 9.17) is 4.74 Å². The summed E-state index contributed by atoms with van der Waals surface area (Å²) < 4.78 is 8.95. The molecule has 128 valence electrons. The lowest BCUT2D eigenvalue weighted by Gasteiger charge is -2.08. The zero-order chi connectivity index (χ0) is 17.8. The molecule has 0 aliphatic rings. The van der Waals surface area contributed by atoms with Crippen molar-refractivity contribution in [1.29, 1.82) is 0 Å². The zero-order valence-corrected chi connectivity index (χ0v) is 15.2. The SMILES string of the molecule is CCOC(=O)c1c(-c2ccccc2)csc1NC(=O)c1snnc1C. The predicted molar refractivity (Wildman–Crippen MR) is 98.3 cm³/mol. The lowest BCUT2D eigenvalue weighted by molar-refractivity contribution is 0.0529. The maximum absolute atomic E-state index is 12.5. The monoisotopic (exact) mass is 373 g/mol. The third kappa shape index (κ3) is 3.59. The van der Waals surface area contributed by atoms with Crippen LogP contribution in [0.3, 0.4) is 0 Å². The lowest BCUT2D eigenvalue weighted by Crippen LogP contribution is -2.14. The first-order valence-corrected chi connectivity index (χ1v) is 9.21. The second kappa shape index (κ2) is 7.54. The number of aromatic nitrogens is 2. The van der Waals surface area contributed by atoms with Gasteiger partial charge in [-0.2, -0.15) is 0 Å². The van der Waals surface area contributed by atoms with E-state index in [1.54, 1.807) is 13.8 Å². The summed E-state index contributed by atoms with van der Waals surface area (Å²) in [6.45, 7) is 3.72. The van der Waals surface area contributed by atoms with Crippen molar-refractivity contribution in [3.63, 3.8) is 0 Å². The average Bonchev–Trinajstić information content (AvgIpc) is 3.22. The van der Waals surface area contributed by atoms with E-state index in [2.05, 4.69) is 14.9 Å². The van der Waals surface area contributed by atoms with Gasteiger partial charge < -0.3 is 10.1 Å². The third-order valence-electron chi connectivity index (χ3n) is 3.44. The van der Waals surface area contributed by atoms with Gasteiger partial charge in [0, 0.05) is 10.9 Å². The quantitative estimate of drug-likeness (QED) is 0.684. The topological polar surface area (TPSA) is 81.2 Å². The van der Waals surface area contributed by atoms with Gasteiger partial charge in [-0.1, -0.05) is 34.8 Å². The second-order valence-corrected chi connectivity index (χ2v) is 6.72. The minimum absolute atomic E-state index is 0.258. The van der Waals surface area contributed by atoms with Crippen LogP contribution >= 0.6 is 22.9 Å². The largest absolute Gasteiger partial charge is 0.462 e. The fourth-order valence-corrected chi connectivity index (χ4v) is 3.79. The highest BCUT2D eigenvalue weighted by atomic mass is 32.1. The van der Waals surface area contributed by atoms with Gasteiger partial charge in [0.15, 0.2) is 0 Å². The summed E-state index contributed by atoms with van der Waals surface area (Å²) in [5.74, 6) is -0.795. The molecule has 2 aromatic heterocycles. The zero-order valence-electron chi connectivity index (χ0n) is 13.6. The fourth-order valence-electron chi connectivity index (χ4n) is 2.29. The summed E-state index contributed by atoms with van der Waals surface area (Å²) in [5.41, 5.74) is 2.54. The number of anilines is 1. The Hall–Kier alpha value is -2.58. The molecule has 0 aliphatic carbocycles. The van der Waals surface area contributed by atoms with Gasteiger partial charge in [-0.25, -0.2) is 4.79 Å². The van der Waals surface area contributed by atoms with Crippen LogP contribution in [-0.4, -0.2) is 28.1 Å². The van der Waals surface area contributed by atoms with Gasteiger partial charge in [-0.3, -0.25) is 4.79 Å². The van der Waals surface area contributed by atoms with Gasteiger partial charge in [0.05, 0.1) is 12.3 Å². The number of rotatable bonds is 5. The molecule has 1 aromatic carbocycles. The minimum Gasteiger partial charge on any atom is -0.462 e. The number of esters is 1. The molecule has 0 fully saturated rings. The number of carbonyl (C=O) groups is 2. The van der Waals surface area contributed by atoms with Crippen LogP contribution in [0.15, 0.2) is 35.7 Å². The summed E-state index contributed by atoms with van der Waals surface area (Å²) in [5, 5.41) is 8.93. The van der Waals surface area contributed by atoms with E-state index in [0.29, 0.717) is 21.1 Å². The van der Waals surface area contributed by atoms with Crippen LogP contribution in [0, 0.1) is 6.92 Å². The van der Waals surface area contributed by atoms with Crippen molar-refractivity contribution < 1.29 is 14.3 Å². The Bertz CT molecular complexity index is 903. The van der Waals surface area contributed by atoms with Crippen molar-refractivity contribution in [2.75, 3.05) is 11.9 Å². The first kappa shape index (κ1) is 17.2. The molecule has 3 aromatic rings. The summed E-state index contributed by atoms with van der Waals surface area (Å²) >= 11 is 2.31. The van der Waals surface area contributed by atoms with Crippen molar-refractivity contribution in [2.24, 2.45) is 0 Å². The Morgan fingerprint density at radius 1 is 1.24 bits per heavy atom. The van der Waals surface area contributed by atoms with Crippen molar-refractivity contribution in [3.05, 3.63) is 51.8 Å². The molecule has 0 atom stereocenters. The number of carbonyl (C=O) groups excluding carboxylic acids is 2. The van der Waals surface area contributed by atoms with Crippen molar-refractivity contribution in [3.8, 4) is 11.1 Å². The highest BCUT2D eigenvalue weighted by Gasteiger charge is 2.24. The Morgan fingerprint density at radius 3 is 2.64 bits per heavy atom. The number of hydrogen-bond acceptors (Lipinski definition) is 7. The molecule has 1 amide bonds. The Morgan fingerprint density at radius 2 is 2.00 bits per heavy atom. The van der Waals surface area contributed by atoms with Crippen LogP contribution in [0.4, 0.5) is 5.00 Å². The molecule has 0 spiro atoms. The molecule has 0 aliphatic heterocycles. The molecule has 8 heteroatoms. The first-order chi connectivity index (χ1) is 12.1. The highest BCUT2D eigenvalue weighted by Crippen LogP contribution is 2.36. The van der Waals surface area contributed by atoms with E-state index >= 15 is 0 Å². The van der Waals surface area contributed by atoms with Gasteiger partial charge in [-0.05, 0) is 30.9 Å². The van der Waals surface area contributed by atoms with Crippen LogP contribution in [0.1, 0.15) is 32.6 Å². The Balaban J connectivity index is 1.99. The average molecular weight is 373 g/mol. The van der Waals surface area contributed by atoms with Crippen LogP contribution in [0.5, 0.6) is 0 Å². The standard InChI is InChI=1S/C17H15N3O3S2/c1-3-23-17(22)13-12(11-7-5-4-6-8-11)9-24-16(13)18-15(21)14-10(2)19-20-25-14/h4-9H,3H2,1-2H3,(H,18,21). The lowest BCUT2D eigenvalue weighted by atomic mass is 10.0. The van der Waals surface area contributed by atoms with E-state index in [1.807, 2.05) is 35.7 Å². The van der Waals surface area contributed by atoms with Crippen molar-refractivity contribution in [2.45, 2.75) is 13.8 Å². The van der Waals surface area contributed by atoms with Gasteiger partial charge in [0.2, 0.25) is 0 Å². The van der Waals surface area contributed by atoms with E-state index in [1.165, 1.54) is 11.3 Å². The molecule has 2 heterocycles. The molecule has 6 nitrogen and oxygen atoms in total. The summed E-state index contributed by atoms with van der Waals surface area (Å²) in [4.78, 5) is 25.3. The van der Waals surface area contributed by atoms with E-state index in [-0.39, 0.29) is 12.5 Å². The number of benzene rings is 1. The van der Waals surface area contributed by atoms with E-state index in [9.17, 15) is 9.59 Å². The molecule has 3 rings (SSSR count). The third-order valence-corrected chi connectivity index (χ3v) is 5.16. The number of nitrogens with zero attached hydrogens (tertiary/aromatic N) is 2. The smallest absolute Gasteiger partial charge is 0.341 e. The van der Waals surface area contributed by atoms with Gasteiger partial charge >= 0.3 is 5.97 Å². The summed E-state index contributed by atoms with van der Waals surface area (Å²) in [6.07, 6.45) is 0. The Labute approximate surface area is 152 Å². The summed E-state index contributed by atoms with van der Waals surface area (Å²) in [6, 6.07) is 9.52. The molecule has 0 saturated carbocycles.